The minimum absolute atomic E-state index is 0.0263. The summed E-state index contributed by atoms with van der Waals surface area (Å²) in [4.78, 5) is 16.7. The number of allylic oxidation sites excluding steroid dienone is 1. The number of alkyl halides is 2. The molecule has 5 fully saturated rings. The maximum atomic E-state index is 13.0. The third-order valence-electron chi connectivity index (χ3n) is 9.79. The van der Waals surface area contributed by atoms with Crippen molar-refractivity contribution < 1.29 is 32.5 Å². The molecule has 1 saturated carbocycles. The summed E-state index contributed by atoms with van der Waals surface area (Å²) in [7, 11) is 1.70. The molecule has 6 atom stereocenters. The van der Waals surface area contributed by atoms with Crippen LogP contribution in [0.2, 0.25) is 0 Å². The maximum absolute atomic E-state index is 13.0. The van der Waals surface area contributed by atoms with Gasteiger partial charge in [0, 0.05) is 20.2 Å². The second kappa shape index (κ2) is 11.3. The number of nitrogens with zero attached hydrogens (tertiary/aromatic N) is 2. The van der Waals surface area contributed by atoms with Crippen LogP contribution in [0.15, 0.2) is 11.6 Å². The van der Waals surface area contributed by atoms with E-state index in [1.807, 2.05) is 9.80 Å². The van der Waals surface area contributed by atoms with Crippen LogP contribution in [0.3, 0.4) is 0 Å². The molecular weight excluding hydrogens is 494 g/mol. The Bertz CT molecular complexity index is 865. The van der Waals surface area contributed by atoms with Gasteiger partial charge in [0.25, 0.3) is 6.43 Å². The predicted molar refractivity (Wildman–Crippen MR) is 139 cm³/mol. The zero-order chi connectivity index (χ0) is 27.1. The molecule has 0 aromatic carbocycles. The molecule has 0 bridgehead atoms. The Labute approximate surface area is 226 Å². The lowest BCUT2D eigenvalue weighted by atomic mass is 9.68. The summed E-state index contributed by atoms with van der Waals surface area (Å²) in [6.07, 6.45) is 5.92. The molecule has 1 spiro atoms. The van der Waals surface area contributed by atoms with Crippen LogP contribution in [0.5, 0.6) is 0 Å². The molecule has 4 saturated heterocycles. The number of halogens is 2. The highest BCUT2D eigenvalue weighted by Crippen LogP contribution is 2.59. The molecule has 0 radical (unpaired) electrons. The Morgan fingerprint density at radius 2 is 1.82 bits per heavy atom. The predicted octanol–water partition coefficient (Wildman–Crippen LogP) is 4.89. The van der Waals surface area contributed by atoms with Crippen LogP contribution in [0, 0.1) is 17.8 Å². The van der Waals surface area contributed by atoms with E-state index in [1.165, 1.54) is 5.57 Å². The van der Waals surface area contributed by atoms with Gasteiger partial charge in [-0.3, -0.25) is 4.90 Å². The normalized spacial score (nSPS) is 37.8. The van der Waals surface area contributed by atoms with Crippen molar-refractivity contribution in [1.82, 2.24) is 9.80 Å². The zero-order valence-electron chi connectivity index (χ0n) is 23.5. The van der Waals surface area contributed by atoms with E-state index in [0.29, 0.717) is 18.4 Å². The largest absolute Gasteiger partial charge is 0.443 e. The average molecular weight is 541 g/mol. The highest BCUT2D eigenvalue weighted by molar-refractivity contribution is 5.69. The van der Waals surface area contributed by atoms with Gasteiger partial charge in [-0.1, -0.05) is 11.6 Å². The first-order chi connectivity index (χ1) is 18.1. The van der Waals surface area contributed by atoms with Crippen LogP contribution in [-0.2, 0) is 18.9 Å². The summed E-state index contributed by atoms with van der Waals surface area (Å²) in [6.45, 7) is 9.97. The number of carbonyl (C=O) groups excluding carboxylic acids is 1. The summed E-state index contributed by atoms with van der Waals surface area (Å²) < 4.78 is 49.5. The third-order valence-corrected chi connectivity index (χ3v) is 9.79. The molecule has 4 heterocycles. The van der Waals surface area contributed by atoms with E-state index in [1.54, 1.807) is 7.11 Å². The number of rotatable bonds is 10. The van der Waals surface area contributed by atoms with Gasteiger partial charge in [0.1, 0.15) is 23.4 Å². The molecule has 7 nitrogen and oxygen atoms in total. The molecule has 216 valence electrons. The first-order valence-corrected chi connectivity index (χ1v) is 14.6. The van der Waals surface area contributed by atoms with Gasteiger partial charge in [0.05, 0.1) is 25.2 Å². The van der Waals surface area contributed by atoms with Crippen molar-refractivity contribution in [2.75, 3.05) is 46.4 Å². The van der Waals surface area contributed by atoms with Gasteiger partial charge >= 0.3 is 6.09 Å². The van der Waals surface area contributed by atoms with Gasteiger partial charge < -0.3 is 23.8 Å². The van der Waals surface area contributed by atoms with Crippen molar-refractivity contribution in [3.63, 3.8) is 0 Å². The van der Waals surface area contributed by atoms with Crippen molar-refractivity contribution in [2.45, 2.75) is 102 Å². The van der Waals surface area contributed by atoms with Crippen LogP contribution < -0.4 is 0 Å². The average Bonchev–Trinajstić information content (AvgIpc) is 3.75. The van der Waals surface area contributed by atoms with Crippen molar-refractivity contribution in [1.29, 1.82) is 0 Å². The summed E-state index contributed by atoms with van der Waals surface area (Å²) >= 11 is 0. The molecule has 5 aliphatic rings. The second-order valence-electron chi connectivity index (χ2n) is 12.8. The fourth-order valence-corrected chi connectivity index (χ4v) is 7.30. The Morgan fingerprint density at radius 1 is 1.13 bits per heavy atom. The number of hydrogen-bond donors (Lipinski definition) is 0. The molecule has 0 N–H and O–H groups in total. The minimum atomic E-state index is -2.25. The number of piperidine rings is 1. The van der Waals surface area contributed by atoms with Crippen molar-refractivity contribution in [3.05, 3.63) is 11.6 Å². The quantitative estimate of drug-likeness (QED) is 0.290. The van der Waals surface area contributed by atoms with Gasteiger partial charge in [-0.2, -0.15) is 0 Å². The molecule has 9 heteroatoms. The molecule has 5 rings (SSSR count). The molecule has 38 heavy (non-hydrogen) atoms. The first-order valence-electron chi connectivity index (χ1n) is 14.6. The van der Waals surface area contributed by atoms with Crippen molar-refractivity contribution >= 4 is 6.09 Å². The van der Waals surface area contributed by atoms with E-state index in [0.717, 1.165) is 71.1 Å². The number of methoxy groups -OCH3 is 1. The topological polar surface area (TPSA) is 67.1 Å². The van der Waals surface area contributed by atoms with Gasteiger partial charge in [0.15, 0.2) is 0 Å². The fourth-order valence-electron chi connectivity index (χ4n) is 7.30. The van der Waals surface area contributed by atoms with Gasteiger partial charge in [-0.05, 0) is 90.6 Å². The van der Waals surface area contributed by atoms with Crippen LogP contribution in [0.1, 0.15) is 65.7 Å². The van der Waals surface area contributed by atoms with Gasteiger partial charge in [-0.25, -0.2) is 13.6 Å². The number of hydrogen-bond acceptors (Lipinski definition) is 6. The zero-order valence-corrected chi connectivity index (χ0v) is 23.5. The molecule has 1 amide bonds. The Balaban J connectivity index is 1.07. The highest BCUT2D eigenvalue weighted by Gasteiger charge is 2.72. The lowest BCUT2D eigenvalue weighted by Gasteiger charge is -2.44. The molecule has 0 aromatic rings. The summed E-state index contributed by atoms with van der Waals surface area (Å²) in [5, 5.41) is 0. The second-order valence-corrected chi connectivity index (χ2v) is 12.8. The summed E-state index contributed by atoms with van der Waals surface area (Å²) in [5.74, 6) is 1.13. The summed E-state index contributed by atoms with van der Waals surface area (Å²) in [6, 6.07) is 0. The minimum Gasteiger partial charge on any atom is -0.443 e. The lowest BCUT2D eigenvalue weighted by Crippen LogP contribution is -2.57. The van der Waals surface area contributed by atoms with Crippen LogP contribution in [0.25, 0.3) is 0 Å². The van der Waals surface area contributed by atoms with E-state index in [4.69, 9.17) is 18.9 Å². The van der Waals surface area contributed by atoms with Crippen molar-refractivity contribution in [3.8, 4) is 0 Å². The van der Waals surface area contributed by atoms with Crippen molar-refractivity contribution in [2.24, 2.45) is 17.8 Å². The maximum Gasteiger partial charge on any atom is 0.410 e. The first kappa shape index (κ1) is 28.2. The lowest BCUT2D eigenvalue weighted by molar-refractivity contribution is -0.124. The van der Waals surface area contributed by atoms with Gasteiger partial charge in [0.2, 0.25) is 0 Å². The number of epoxide rings is 2. The van der Waals surface area contributed by atoms with Crippen LogP contribution in [0.4, 0.5) is 13.6 Å². The number of amides is 1. The Morgan fingerprint density at radius 3 is 2.42 bits per heavy atom. The van der Waals surface area contributed by atoms with E-state index in [-0.39, 0.29) is 48.1 Å². The molecule has 4 aliphatic heterocycles. The number of ether oxygens (including phenoxy) is 4. The third kappa shape index (κ3) is 6.06. The highest BCUT2D eigenvalue weighted by atomic mass is 19.3. The standard InChI is InChI=1S/C29H46F2N2O5/c1-19(2)5-8-23-28(3,38-23)26-25(35-4)22(9-12-29(26)18-36-29)37-27(34)33-15-21(16-33)7-6-20-10-13-32(14-11-20)17-24(30)31/h5,20-26H,6-18H2,1-4H3/t22?,23-,25?,26?,28+,29?/m1/s1. The van der Waals surface area contributed by atoms with Gasteiger partial charge in [-0.15, -0.1) is 0 Å². The smallest absolute Gasteiger partial charge is 0.410 e. The number of likely N-dealkylation sites (tertiary alicyclic amines) is 2. The van der Waals surface area contributed by atoms with E-state index in [2.05, 4.69) is 26.8 Å². The summed E-state index contributed by atoms with van der Waals surface area (Å²) in [5.41, 5.74) is 0.711. The SMILES string of the molecule is COC1C(OC(=O)N2CC(CCC3CCN(CC(F)F)CC3)C2)CCC2(CO2)C1[C@@]1(C)O[C@@H]1CC=C(C)C. The molecule has 1 aliphatic carbocycles. The molecule has 0 aromatic heterocycles. The van der Waals surface area contributed by atoms with Crippen LogP contribution in [-0.4, -0.2) is 98.3 Å². The molecule has 4 unspecified atom stereocenters. The van der Waals surface area contributed by atoms with E-state index >= 15 is 0 Å². The Hall–Kier alpha value is -1.29. The Kier molecular flexibility index (Phi) is 8.40. The monoisotopic (exact) mass is 540 g/mol. The van der Waals surface area contributed by atoms with E-state index in [9.17, 15) is 13.6 Å². The molecular formula is C29H46F2N2O5. The van der Waals surface area contributed by atoms with E-state index < -0.39 is 6.43 Å². The fraction of sp³-hybridized carbons (Fsp3) is 0.897. The number of carbonyl (C=O) groups is 1. The van der Waals surface area contributed by atoms with Crippen LogP contribution >= 0.6 is 0 Å².